The number of hydrogen-bond acceptors (Lipinski definition) is 7. The van der Waals surface area contributed by atoms with Gasteiger partial charge >= 0.3 is 0 Å². The molecule has 2 aromatic heterocycles. The molecule has 0 fully saturated rings. The van der Waals surface area contributed by atoms with Gasteiger partial charge in [-0.05, 0) is 61.4 Å². The Morgan fingerprint density at radius 2 is 1.88 bits per heavy atom. The lowest BCUT2D eigenvalue weighted by Crippen LogP contribution is -2.25. The Kier molecular flexibility index (Phi) is 8.62. The maximum atomic E-state index is 12.9. The van der Waals surface area contributed by atoms with Crippen molar-refractivity contribution in [3.05, 3.63) is 72.1 Å². The van der Waals surface area contributed by atoms with Crippen molar-refractivity contribution < 1.29 is 13.2 Å². The van der Waals surface area contributed by atoms with Gasteiger partial charge in [0.2, 0.25) is 5.91 Å². The average molecular weight is 496 g/mol. The van der Waals surface area contributed by atoms with E-state index in [0.29, 0.717) is 22.7 Å². The van der Waals surface area contributed by atoms with Crippen molar-refractivity contribution in [1.82, 2.24) is 9.97 Å². The molecule has 1 amide bonds. The van der Waals surface area contributed by atoms with Crippen LogP contribution in [-0.2, 0) is 21.2 Å². The smallest absolute Gasteiger partial charge is 0.263 e. The van der Waals surface area contributed by atoms with E-state index in [9.17, 15) is 18.5 Å². The second-order valence-electron chi connectivity index (χ2n) is 7.37. The van der Waals surface area contributed by atoms with Gasteiger partial charge in [0.1, 0.15) is 16.9 Å². The minimum Gasteiger partial charge on any atom is -0.325 e. The fourth-order valence-electron chi connectivity index (χ4n) is 3.07. The second-order valence-corrected chi connectivity index (χ2v) is 10.2. The molecule has 0 radical (unpaired) electrons. The standard InChI is InChI=1S/C24H25N5O3S2/c1-3-7-18-10-9-17(16-25)24(28-18)33-21(4-2)23(30)27-19-11-13-20(14-12-19)34(31,32)29-22-8-5-6-15-26-22/h5-6,8-15,21H,3-4,7H2,1-2H3,(H,26,29)(H,27,30). The van der Waals surface area contributed by atoms with Gasteiger partial charge in [-0.25, -0.2) is 18.4 Å². The molecule has 10 heteroatoms. The topological polar surface area (TPSA) is 125 Å². The molecule has 3 aromatic rings. The van der Waals surface area contributed by atoms with Gasteiger partial charge in [-0.3, -0.25) is 9.52 Å². The van der Waals surface area contributed by atoms with Crippen LogP contribution in [0.2, 0.25) is 0 Å². The van der Waals surface area contributed by atoms with E-state index in [1.165, 1.54) is 42.2 Å². The lowest BCUT2D eigenvalue weighted by molar-refractivity contribution is -0.115. The zero-order valence-electron chi connectivity index (χ0n) is 18.9. The fraction of sp³-hybridized carbons (Fsp3) is 0.250. The van der Waals surface area contributed by atoms with E-state index in [4.69, 9.17) is 0 Å². The quantitative estimate of drug-likeness (QED) is 0.393. The number of nitriles is 1. The van der Waals surface area contributed by atoms with E-state index in [1.807, 2.05) is 13.0 Å². The molecule has 1 atom stereocenters. The lowest BCUT2D eigenvalue weighted by atomic mass is 10.2. The lowest BCUT2D eigenvalue weighted by Gasteiger charge is -2.16. The number of carbonyl (C=O) groups excluding carboxylic acids is 1. The molecule has 3 rings (SSSR count). The SMILES string of the molecule is CCCc1ccc(C#N)c(SC(CC)C(=O)Nc2ccc(S(=O)(=O)Nc3ccccn3)cc2)n1. The van der Waals surface area contributed by atoms with Crippen molar-refractivity contribution in [2.45, 2.75) is 48.3 Å². The summed E-state index contributed by atoms with van der Waals surface area (Å²) in [6.45, 7) is 3.94. The van der Waals surface area contributed by atoms with Gasteiger partial charge in [-0.15, -0.1) is 0 Å². The summed E-state index contributed by atoms with van der Waals surface area (Å²) in [6.07, 6.45) is 3.76. The molecule has 0 aliphatic rings. The molecule has 1 aromatic carbocycles. The van der Waals surface area contributed by atoms with Crippen molar-refractivity contribution in [2.75, 3.05) is 10.0 Å². The number of sulfonamides is 1. The maximum Gasteiger partial charge on any atom is 0.263 e. The fourth-order valence-corrected chi connectivity index (χ4v) is 5.09. The zero-order chi connectivity index (χ0) is 24.6. The predicted octanol–water partition coefficient (Wildman–Crippen LogP) is 4.61. The third-order valence-corrected chi connectivity index (χ3v) is 7.53. The molecule has 1 unspecified atom stereocenters. The molecule has 2 heterocycles. The Morgan fingerprint density at radius 3 is 2.50 bits per heavy atom. The molecular formula is C24H25N5O3S2. The maximum absolute atomic E-state index is 12.9. The number of benzene rings is 1. The zero-order valence-corrected chi connectivity index (χ0v) is 20.5. The number of anilines is 2. The molecular weight excluding hydrogens is 470 g/mol. The molecule has 2 N–H and O–H groups in total. The largest absolute Gasteiger partial charge is 0.325 e. The Hall–Kier alpha value is -3.42. The number of nitrogens with zero attached hydrogens (tertiary/aromatic N) is 3. The first kappa shape index (κ1) is 25.2. The third-order valence-electron chi connectivity index (χ3n) is 4.80. The van der Waals surface area contributed by atoms with E-state index < -0.39 is 15.3 Å². The Bertz CT molecular complexity index is 1270. The summed E-state index contributed by atoms with van der Waals surface area (Å²) in [5.41, 5.74) is 1.79. The van der Waals surface area contributed by atoms with Crippen LogP contribution in [0.4, 0.5) is 11.5 Å². The summed E-state index contributed by atoms with van der Waals surface area (Å²) in [5.74, 6) is -0.0302. The van der Waals surface area contributed by atoms with Crippen LogP contribution in [0.15, 0.2) is 70.7 Å². The van der Waals surface area contributed by atoms with Crippen LogP contribution in [0.25, 0.3) is 0 Å². The van der Waals surface area contributed by atoms with E-state index in [2.05, 4.69) is 33.0 Å². The second kappa shape index (κ2) is 11.6. The first-order chi connectivity index (χ1) is 16.4. The highest BCUT2D eigenvalue weighted by atomic mass is 32.2. The van der Waals surface area contributed by atoms with Crippen molar-refractivity contribution in [2.24, 2.45) is 0 Å². The van der Waals surface area contributed by atoms with Crippen molar-refractivity contribution in [3.63, 3.8) is 0 Å². The summed E-state index contributed by atoms with van der Waals surface area (Å²) in [7, 11) is -3.81. The van der Waals surface area contributed by atoms with E-state index in [-0.39, 0.29) is 16.6 Å². The number of rotatable bonds is 10. The number of nitrogens with one attached hydrogen (secondary N) is 2. The van der Waals surface area contributed by atoms with Crippen LogP contribution in [0.1, 0.15) is 37.9 Å². The summed E-state index contributed by atoms with van der Waals surface area (Å²) >= 11 is 1.26. The minimum absolute atomic E-state index is 0.0492. The average Bonchev–Trinajstić information content (AvgIpc) is 2.83. The molecule has 0 saturated carbocycles. The van der Waals surface area contributed by atoms with Gasteiger partial charge < -0.3 is 5.32 Å². The van der Waals surface area contributed by atoms with Crippen LogP contribution in [0, 0.1) is 11.3 Å². The van der Waals surface area contributed by atoms with Crippen LogP contribution in [0.3, 0.4) is 0 Å². The first-order valence-electron chi connectivity index (χ1n) is 10.8. The highest BCUT2D eigenvalue weighted by Crippen LogP contribution is 2.28. The number of aryl methyl sites for hydroxylation is 1. The van der Waals surface area contributed by atoms with Crippen molar-refractivity contribution in [3.8, 4) is 6.07 Å². The van der Waals surface area contributed by atoms with Gasteiger partial charge in [0.05, 0.1) is 15.7 Å². The van der Waals surface area contributed by atoms with Gasteiger partial charge in [0.25, 0.3) is 10.0 Å². The molecule has 34 heavy (non-hydrogen) atoms. The third kappa shape index (κ3) is 6.56. The Morgan fingerprint density at radius 1 is 1.12 bits per heavy atom. The Balaban J connectivity index is 1.70. The Labute approximate surface area is 203 Å². The minimum atomic E-state index is -3.81. The van der Waals surface area contributed by atoms with Crippen LogP contribution in [-0.4, -0.2) is 29.5 Å². The van der Waals surface area contributed by atoms with Crippen molar-refractivity contribution in [1.29, 1.82) is 5.26 Å². The number of thioether (sulfide) groups is 1. The van der Waals surface area contributed by atoms with Crippen molar-refractivity contribution >= 4 is 39.2 Å². The first-order valence-corrected chi connectivity index (χ1v) is 13.1. The molecule has 176 valence electrons. The van der Waals surface area contributed by atoms with E-state index in [1.54, 1.807) is 24.3 Å². The van der Waals surface area contributed by atoms with E-state index in [0.717, 1.165) is 18.5 Å². The van der Waals surface area contributed by atoms with Gasteiger partial charge in [-0.2, -0.15) is 5.26 Å². The number of aromatic nitrogens is 2. The number of amides is 1. The molecule has 0 saturated heterocycles. The molecule has 0 bridgehead atoms. The number of pyridine rings is 2. The summed E-state index contributed by atoms with van der Waals surface area (Å²) in [4.78, 5) is 21.5. The summed E-state index contributed by atoms with van der Waals surface area (Å²) < 4.78 is 27.5. The molecule has 8 nitrogen and oxygen atoms in total. The van der Waals surface area contributed by atoms with Crippen LogP contribution < -0.4 is 10.0 Å². The van der Waals surface area contributed by atoms with Gasteiger partial charge in [0.15, 0.2) is 0 Å². The highest BCUT2D eigenvalue weighted by Gasteiger charge is 2.21. The molecule has 0 spiro atoms. The van der Waals surface area contributed by atoms with Crippen LogP contribution in [0.5, 0.6) is 0 Å². The van der Waals surface area contributed by atoms with Gasteiger partial charge in [0, 0.05) is 17.6 Å². The van der Waals surface area contributed by atoms with Crippen LogP contribution >= 0.6 is 11.8 Å². The number of hydrogen-bond donors (Lipinski definition) is 2. The highest BCUT2D eigenvalue weighted by molar-refractivity contribution is 8.00. The summed E-state index contributed by atoms with van der Waals surface area (Å²) in [5, 5.41) is 12.3. The monoisotopic (exact) mass is 495 g/mol. The molecule has 0 aliphatic heterocycles. The van der Waals surface area contributed by atoms with E-state index >= 15 is 0 Å². The summed E-state index contributed by atoms with van der Waals surface area (Å²) in [6, 6.07) is 16.5. The normalized spacial score (nSPS) is 11.9. The number of carbonyl (C=O) groups is 1. The van der Waals surface area contributed by atoms with Gasteiger partial charge in [-0.1, -0.05) is 38.1 Å². The molecule has 0 aliphatic carbocycles. The predicted molar refractivity (Wildman–Crippen MR) is 133 cm³/mol.